The van der Waals surface area contributed by atoms with Crippen LogP contribution in [0.3, 0.4) is 0 Å². The Hall–Kier alpha value is -3.41. The van der Waals surface area contributed by atoms with Crippen molar-refractivity contribution in [1.82, 2.24) is 4.98 Å². The van der Waals surface area contributed by atoms with Gasteiger partial charge >= 0.3 is 0 Å². The first-order valence-corrected chi connectivity index (χ1v) is 10.9. The van der Waals surface area contributed by atoms with Crippen molar-refractivity contribution in [2.75, 3.05) is 16.8 Å². The molecule has 160 valence electrons. The van der Waals surface area contributed by atoms with E-state index in [0.29, 0.717) is 24.3 Å². The summed E-state index contributed by atoms with van der Waals surface area (Å²) < 4.78 is 6.04. The highest BCUT2D eigenvalue weighted by Crippen LogP contribution is 2.24. The number of hydrogen-bond donors (Lipinski definition) is 1. The normalized spacial score (nSPS) is 15.0. The Kier molecular flexibility index (Phi) is 6.46. The van der Waals surface area contributed by atoms with Crippen molar-refractivity contribution in [2.45, 2.75) is 45.1 Å². The maximum absolute atomic E-state index is 12.9. The summed E-state index contributed by atoms with van der Waals surface area (Å²) in [4.78, 5) is 31.0. The zero-order valence-electron chi connectivity index (χ0n) is 17.7. The Morgan fingerprint density at radius 2 is 1.97 bits per heavy atom. The van der Waals surface area contributed by atoms with E-state index in [9.17, 15) is 9.59 Å². The van der Waals surface area contributed by atoms with E-state index in [1.54, 1.807) is 12.4 Å². The lowest BCUT2D eigenvalue weighted by Crippen LogP contribution is -2.35. The summed E-state index contributed by atoms with van der Waals surface area (Å²) >= 11 is 0. The average molecular weight is 418 g/mol. The first kappa shape index (κ1) is 20.8. The molecular formula is C25H27N3O3. The van der Waals surface area contributed by atoms with Gasteiger partial charge in [-0.1, -0.05) is 19.4 Å². The van der Waals surface area contributed by atoms with Gasteiger partial charge in [-0.25, -0.2) is 0 Å². The van der Waals surface area contributed by atoms with Gasteiger partial charge in [0.2, 0.25) is 5.91 Å². The largest absolute Gasteiger partial charge is 0.481 e. The fourth-order valence-electron chi connectivity index (χ4n) is 3.83. The first-order valence-electron chi connectivity index (χ1n) is 10.9. The number of anilines is 2. The van der Waals surface area contributed by atoms with E-state index in [4.69, 9.17) is 4.74 Å². The highest BCUT2D eigenvalue weighted by Gasteiger charge is 2.21. The Morgan fingerprint density at radius 3 is 2.74 bits per heavy atom. The van der Waals surface area contributed by atoms with Crippen molar-refractivity contribution in [3.05, 3.63) is 60.9 Å². The maximum Gasteiger partial charge on any atom is 0.265 e. The van der Waals surface area contributed by atoms with Crippen molar-refractivity contribution in [3.63, 3.8) is 0 Å². The summed E-state index contributed by atoms with van der Waals surface area (Å²) in [7, 11) is 0. The van der Waals surface area contributed by atoms with Gasteiger partial charge in [0, 0.05) is 42.1 Å². The molecule has 6 heteroatoms. The van der Waals surface area contributed by atoms with Crippen LogP contribution < -0.4 is 15.0 Å². The topological polar surface area (TPSA) is 71.5 Å². The van der Waals surface area contributed by atoms with E-state index in [-0.39, 0.29) is 11.8 Å². The third-order valence-corrected chi connectivity index (χ3v) is 5.50. The van der Waals surface area contributed by atoms with Crippen molar-refractivity contribution >= 4 is 34.0 Å². The van der Waals surface area contributed by atoms with Gasteiger partial charge in [-0.3, -0.25) is 14.6 Å². The number of fused-ring (bicyclic) bond motifs is 1. The number of aromatic nitrogens is 1. The Balaban J connectivity index is 1.43. The molecule has 4 rings (SSSR count). The number of piperidine rings is 1. The van der Waals surface area contributed by atoms with Gasteiger partial charge in [0.05, 0.1) is 0 Å². The fourth-order valence-corrected chi connectivity index (χ4v) is 3.83. The van der Waals surface area contributed by atoms with Crippen LogP contribution in [0.1, 0.15) is 39.0 Å². The van der Waals surface area contributed by atoms with Gasteiger partial charge in [0.25, 0.3) is 5.91 Å². The molecule has 2 heterocycles. The number of hydrogen-bond acceptors (Lipinski definition) is 4. The number of amides is 2. The minimum Gasteiger partial charge on any atom is -0.481 e. The second kappa shape index (κ2) is 9.60. The molecule has 3 aromatic rings. The minimum absolute atomic E-state index is 0.157. The van der Waals surface area contributed by atoms with Crippen LogP contribution in [0, 0.1) is 0 Å². The molecule has 31 heavy (non-hydrogen) atoms. The van der Waals surface area contributed by atoms with Crippen molar-refractivity contribution < 1.29 is 14.3 Å². The van der Waals surface area contributed by atoms with Gasteiger partial charge in [0.1, 0.15) is 5.75 Å². The van der Waals surface area contributed by atoms with E-state index in [1.165, 1.54) is 0 Å². The van der Waals surface area contributed by atoms with Crippen LogP contribution in [0.4, 0.5) is 11.4 Å². The molecule has 0 bridgehead atoms. The van der Waals surface area contributed by atoms with Crippen LogP contribution in [0.25, 0.3) is 10.8 Å². The second-order valence-electron chi connectivity index (χ2n) is 7.82. The van der Waals surface area contributed by atoms with Crippen LogP contribution in [-0.2, 0) is 9.59 Å². The van der Waals surface area contributed by atoms with Crippen molar-refractivity contribution in [3.8, 4) is 5.75 Å². The zero-order chi connectivity index (χ0) is 21.6. The molecule has 1 N–H and O–H groups in total. The number of carbonyl (C=O) groups excluding carboxylic acids is 2. The van der Waals surface area contributed by atoms with Crippen LogP contribution in [0.5, 0.6) is 5.75 Å². The monoisotopic (exact) mass is 417 g/mol. The first-order chi connectivity index (χ1) is 15.1. The summed E-state index contributed by atoms with van der Waals surface area (Å²) in [5.41, 5.74) is 1.56. The molecule has 0 radical (unpaired) electrons. The molecule has 2 aromatic carbocycles. The molecule has 6 nitrogen and oxygen atoms in total. The average Bonchev–Trinajstić information content (AvgIpc) is 2.80. The van der Waals surface area contributed by atoms with E-state index >= 15 is 0 Å². The van der Waals surface area contributed by atoms with Gasteiger partial charge < -0.3 is 15.0 Å². The van der Waals surface area contributed by atoms with Gasteiger partial charge in [-0.2, -0.15) is 0 Å². The zero-order valence-corrected chi connectivity index (χ0v) is 17.7. The molecule has 1 atom stereocenters. The molecule has 2 amide bonds. The number of pyridine rings is 1. The molecule has 1 fully saturated rings. The highest BCUT2D eigenvalue weighted by molar-refractivity contribution is 5.96. The Labute approximate surface area is 182 Å². The van der Waals surface area contributed by atoms with Crippen molar-refractivity contribution in [2.24, 2.45) is 0 Å². The summed E-state index contributed by atoms with van der Waals surface area (Å²) in [6.07, 6.45) is 6.94. The Morgan fingerprint density at radius 1 is 1.13 bits per heavy atom. The fraction of sp³-hybridized carbons (Fsp3) is 0.320. The molecule has 1 unspecified atom stereocenters. The number of nitrogens with zero attached hydrogens (tertiary/aromatic N) is 2. The summed E-state index contributed by atoms with van der Waals surface area (Å²) in [6.45, 7) is 2.77. The molecule has 1 aliphatic heterocycles. The lowest BCUT2D eigenvalue weighted by atomic mass is 10.1. The second-order valence-corrected chi connectivity index (χ2v) is 7.82. The van der Waals surface area contributed by atoms with E-state index < -0.39 is 6.10 Å². The Bertz CT molecular complexity index is 1070. The van der Waals surface area contributed by atoms with E-state index in [1.807, 2.05) is 60.4 Å². The third kappa shape index (κ3) is 5.02. The lowest BCUT2D eigenvalue weighted by Gasteiger charge is -2.27. The summed E-state index contributed by atoms with van der Waals surface area (Å²) in [5, 5.41) is 4.99. The molecule has 1 aromatic heterocycles. The molecule has 0 saturated carbocycles. The minimum atomic E-state index is -0.595. The van der Waals surface area contributed by atoms with E-state index in [2.05, 4.69) is 10.3 Å². The van der Waals surface area contributed by atoms with Gasteiger partial charge in [0.15, 0.2) is 6.10 Å². The van der Waals surface area contributed by atoms with Crippen LogP contribution in [0.2, 0.25) is 0 Å². The molecule has 0 aliphatic carbocycles. The molecule has 1 saturated heterocycles. The number of ether oxygens (including phenoxy) is 1. The van der Waals surface area contributed by atoms with Crippen LogP contribution in [0.15, 0.2) is 60.9 Å². The highest BCUT2D eigenvalue weighted by atomic mass is 16.5. The van der Waals surface area contributed by atoms with Crippen molar-refractivity contribution in [1.29, 1.82) is 0 Å². The predicted octanol–water partition coefficient (Wildman–Crippen LogP) is 4.94. The molecular weight excluding hydrogens is 390 g/mol. The standard InChI is InChI=1S/C25H27N3O3/c1-2-5-23(31-22-12-7-18-13-14-26-17-19(18)16-22)25(30)27-20-8-10-21(11-9-20)28-15-4-3-6-24(28)29/h7-14,16-17,23H,2-6,15H2,1H3,(H,27,30). The SMILES string of the molecule is CCCC(Oc1ccc2ccncc2c1)C(=O)Nc1ccc(N2CCCCC2=O)cc1. The summed E-state index contributed by atoms with van der Waals surface area (Å²) in [5.74, 6) is 0.619. The van der Waals surface area contributed by atoms with E-state index in [0.717, 1.165) is 42.3 Å². The lowest BCUT2D eigenvalue weighted by molar-refractivity contribution is -0.123. The molecule has 1 aliphatic rings. The third-order valence-electron chi connectivity index (χ3n) is 5.50. The quantitative estimate of drug-likeness (QED) is 0.591. The maximum atomic E-state index is 12.9. The number of carbonyl (C=O) groups is 2. The molecule has 0 spiro atoms. The number of rotatable bonds is 7. The number of benzene rings is 2. The number of nitrogens with one attached hydrogen (secondary N) is 1. The van der Waals surface area contributed by atoms with Crippen LogP contribution in [-0.4, -0.2) is 29.4 Å². The smallest absolute Gasteiger partial charge is 0.265 e. The summed E-state index contributed by atoms with van der Waals surface area (Å²) in [6, 6.07) is 15.1. The van der Waals surface area contributed by atoms with Gasteiger partial charge in [-0.15, -0.1) is 0 Å². The predicted molar refractivity (Wildman–Crippen MR) is 122 cm³/mol. The van der Waals surface area contributed by atoms with Gasteiger partial charge in [-0.05, 0) is 67.1 Å². The van der Waals surface area contributed by atoms with Crippen LogP contribution >= 0.6 is 0 Å².